The molecule has 0 amide bonds. The molecule has 1 heterocycles. The van der Waals surface area contributed by atoms with Gasteiger partial charge in [0.15, 0.2) is 0 Å². The van der Waals surface area contributed by atoms with Gasteiger partial charge >= 0.3 is 0 Å². The van der Waals surface area contributed by atoms with Gasteiger partial charge < -0.3 is 4.42 Å². The molecular weight excluding hydrogens is 174 g/mol. The van der Waals surface area contributed by atoms with E-state index in [1.54, 1.807) is 6.26 Å². The molecule has 0 aliphatic rings. The Morgan fingerprint density at radius 3 is 2.50 bits per heavy atom. The molecule has 14 heavy (non-hydrogen) atoms. The highest BCUT2D eigenvalue weighted by Gasteiger charge is 2.12. The van der Waals surface area contributed by atoms with Crippen LogP contribution in [0.4, 0.5) is 0 Å². The van der Waals surface area contributed by atoms with E-state index in [-0.39, 0.29) is 5.92 Å². The summed E-state index contributed by atoms with van der Waals surface area (Å²) in [4.78, 5) is 4.32. The van der Waals surface area contributed by atoms with Crippen molar-refractivity contribution in [2.24, 2.45) is 0 Å². The van der Waals surface area contributed by atoms with Crippen LogP contribution in [0.3, 0.4) is 0 Å². The Morgan fingerprint density at radius 1 is 1.21 bits per heavy atom. The standard InChI is InChI=1S/C12H13NO/c1-9-8-14-12(13-9)10(2)11-6-4-3-5-7-11/h3-8,10H,1-2H3. The third kappa shape index (κ3) is 1.69. The Hall–Kier alpha value is -1.57. The molecule has 2 aromatic rings. The Kier molecular flexibility index (Phi) is 2.35. The van der Waals surface area contributed by atoms with Gasteiger partial charge in [-0.15, -0.1) is 0 Å². The molecule has 0 aliphatic carbocycles. The predicted molar refractivity (Wildman–Crippen MR) is 55.2 cm³/mol. The number of nitrogens with zero attached hydrogens (tertiary/aromatic N) is 1. The molecule has 0 fully saturated rings. The second kappa shape index (κ2) is 3.66. The van der Waals surface area contributed by atoms with E-state index in [4.69, 9.17) is 4.42 Å². The zero-order valence-corrected chi connectivity index (χ0v) is 8.40. The lowest BCUT2D eigenvalue weighted by Crippen LogP contribution is -1.95. The molecule has 2 rings (SSSR count). The second-order valence-electron chi connectivity index (χ2n) is 3.46. The summed E-state index contributed by atoms with van der Waals surface area (Å²) in [6, 6.07) is 10.2. The van der Waals surface area contributed by atoms with Crippen molar-refractivity contribution in [1.82, 2.24) is 4.98 Å². The summed E-state index contributed by atoms with van der Waals surface area (Å²) in [5.74, 6) is 1.01. The van der Waals surface area contributed by atoms with Crippen LogP contribution in [0.2, 0.25) is 0 Å². The molecule has 0 spiro atoms. The first kappa shape index (κ1) is 9.00. The highest BCUT2D eigenvalue weighted by atomic mass is 16.3. The fourth-order valence-electron chi connectivity index (χ4n) is 1.46. The summed E-state index contributed by atoms with van der Waals surface area (Å²) < 4.78 is 5.37. The first-order chi connectivity index (χ1) is 6.77. The maximum atomic E-state index is 5.37. The minimum absolute atomic E-state index is 0.227. The van der Waals surface area contributed by atoms with Crippen LogP contribution in [0.15, 0.2) is 41.0 Å². The summed E-state index contributed by atoms with van der Waals surface area (Å²) >= 11 is 0. The predicted octanol–water partition coefficient (Wildman–Crippen LogP) is 3.13. The molecule has 0 N–H and O–H groups in total. The van der Waals surface area contributed by atoms with Crippen LogP contribution in [0.25, 0.3) is 0 Å². The van der Waals surface area contributed by atoms with Gasteiger partial charge in [-0.25, -0.2) is 4.98 Å². The van der Waals surface area contributed by atoms with E-state index >= 15 is 0 Å². The number of rotatable bonds is 2. The molecule has 0 bridgehead atoms. The van der Waals surface area contributed by atoms with Crippen molar-refractivity contribution in [2.45, 2.75) is 19.8 Å². The number of aromatic nitrogens is 1. The molecule has 0 aliphatic heterocycles. The van der Waals surface area contributed by atoms with Crippen molar-refractivity contribution in [3.05, 3.63) is 53.7 Å². The number of oxazole rings is 1. The van der Waals surface area contributed by atoms with Gasteiger partial charge in [0.1, 0.15) is 6.26 Å². The van der Waals surface area contributed by atoms with Gasteiger partial charge in [0, 0.05) is 0 Å². The van der Waals surface area contributed by atoms with Crippen LogP contribution < -0.4 is 0 Å². The number of hydrogen-bond donors (Lipinski definition) is 0. The van der Waals surface area contributed by atoms with Gasteiger partial charge in [0.2, 0.25) is 5.89 Å². The zero-order chi connectivity index (χ0) is 9.97. The fraction of sp³-hybridized carbons (Fsp3) is 0.250. The lowest BCUT2D eigenvalue weighted by atomic mass is 10.0. The lowest BCUT2D eigenvalue weighted by Gasteiger charge is -2.06. The summed E-state index contributed by atoms with van der Waals surface area (Å²) in [5, 5.41) is 0. The lowest BCUT2D eigenvalue weighted by molar-refractivity contribution is 0.480. The van der Waals surface area contributed by atoms with Gasteiger partial charge in [-0.3, -0.25) is 0 Å². The molecule has 1 atom stereocenters. The van der Waals surface area contributed by atoms with E-state index in [0.717, 1.165) is 11.6 Å². The van der Waals surface area contributed by atoms with Crippen LogP contribution in [-0.4, -0.2) is 4.98 Å². The first-order valence-electron chi connectivity index (χ1n) is 4.74. The van der Waals surface area contributed by atoms with Crippen molar-refractivity contribution >= 4 is 0 Å². The molecule has 1 aromatic heterocycles. The normalized spacial score (nSPS) is 12.7. The monoisotopic (exact) mass is 187 g/mol. The summed E-state index contributed by atoms with van der Waals surface area (Å²) in [5.41, 5.74) is 2.16. The number of benzene rings is 1. The molecule has 1 unspecified atom stereocenters. The highest BCUT2D eigenvalue weighted by molar-refractivity contribution is 5.23. The van der Waals surface area contributed by atoms with E-state index in [0.29, 0.717) is 0 Å². The second-order valence-corrected chi connectivity index (χ2v) is 3.46. The van der Waals surface area contributed by atoms with Crippen LogP contribution >= 0.6 is 0 Å². The summed E-state index contributed by atoms with van der Waals surface area (Å²) in [6.07, 6.45) is 1.69. The highest BCUT2D eigenvalue weighted by Crippen LogP contribution is 2.22. The molecule has 0 radical (unpaired) electrons. The van der Waals surface area contributed by atoms with Crippen molar-refractivity contribution in [3.63, 3.8) is 0 Å². The summed E-state index contributed by atoms with van der Waals surface area (Å²) in [7, 11) is 0. The van der Waals surface area contributed by atoms with Crippen molar-refractivity contribution in [2.75, 3.05) is 0 Å². The fourth-order valence-corrected chi connectivity index (χ4v) is 1.46. The smallest absolute Gasteiger partial charge is 0.201 e. The van der Waals surface area contributed by atoms with E-state index in [1.165, 1.54) is 5.56 Å². The summed E-state index contributed by atoms with van der Waals surface area (Å²) in [6.45, 7) is 4.03. The average Bonchev–Trinajstić information content (AvgIpc) is 2.65. The van der Waals surface area contributed by atoms with Gasteiger partial charge in [0.25, 0.3) is 0 Å². The van der Waals surface area contributed by atoms with E-state index in [2.05, 4.69) is 24.0 Å². The molecular formula is C12H13NO. The topological polar surface area (TPSA) is 26.0 Å². The van der Waals surface area contributed by atoms with Crippen LogP contribution in [0.1, 0.15) is 30.0 Å². The number of aryl methyl sites for hydroxylation is 1. The Morgan fingerprint density at radius 2 is 1.93 bits per heavy atom. The van der Waals surface area contributed by atoms with Gasteiger partial charge in [-0.1, -0.05) is 30.3 Å². The van der Waals surface area contributed by atoms with E-state index in [9.17, 15) is 0 Å². The Labute approximate surface area is 83.6 Å². The Bertz CT molecular complexity index is 405. The third-order valence-corrected chi connectivity index (χ3v) is 2.31. The molecule has 72 valence electrons. The van der Waals surface area contributed by atoms with E-state index in [1.807, 2.05) is 25.1 Å². The van der Waals surface area contributed by atoms with Crippen LogP contribution in [0.5, 0.6) is 0 Å². The maximum Gasteiger partial charge on any atom is 0.201 e. The minimum Gasteiger partial charge on any atom is -0.448 e. The molecule has 1 aromatic carbocycles. The van der Waals surface area contributed by atoms with Gasteiger partial charge in [0.05, 0.1) is 11.6 Å². The van der Waals surface area contributed by atoms with Gasteiger partial charge in [-0.05, 0) is 19.4 Å². The third-order valence-electron chi connectivity index (χ3n) is 2.31. The molecule has 2 nitrogen and oxygen atoms in total. The van der Waals surface area contributed by atoms with Crippen molar-refractivity contribution in [3.8, 4) is 0 Å². The SMILES string of the molecule is Cc1coc(C(C)c2ccccc2)n1. The molecule has 2 heteroatoms. The van der Waals surface area contributed by atoms with Gasteiger partial charge in [-0.2, -0.15) is 0 Å². The zero-order valence-electron chi connectivity index (χ0n) is 8.40. The number of hydrogen-bond acceptors (Lipinski definition) is 2. The van der Waals surface area contributed by atoms with Crippen LogP contribution in [0, 0.1) is 6.92 Å². The van der Waals surface area contributed by atoms with Crippen molar-refractivity contribution in [1.29, 1.82) is 0 Å². The minimum atomic E-state index is 0.227. The first-order valence-corrected chi connectivity index (χ1v) is 4.74. The largest absolute Gasteiger partial charge is 0.448 e. The van der Waals surface area contributed by atoms with Crippen molar-refractivity contribution < 1.29 is 4.42 Å². The van der Waals surface area contributed by atoms with E-state index < -0.39 is 0 Å². The quantitative estimate of drug-likeness (QED) is 0.721. The van der Waals surface area contributed by atoms with Crippen LogP contribution in [-0.2, 0) is 0 Å². The maximum absolute atomic E-state index is 5.37. The molecule has 0 saturated carbocycles. The Balaban J connectivity index is 2.29. The molecule has 0 saturated heterocycles. The average molecular weight is 187 g/mol.